The molecule has 4 rings (SSSR count). The lowest BCUT2D eigenvalue weighted by Crippen LogP contribution is -2.25. The highest BCUT2D eigenvalue weighted by Gasteiger charge is 2.22. The largest absolute Gasteiger partial charge is 0.474 e. The van der Waals surface area contributed by atoms with E-state index in [0.29, 0.717) is 22.3 Å². The maximum Gasteiger partial charge on any atom is 0.344 e. The SMILES string of the molecule is Cc1cc2oc(-c3ccccc3)c(OCC(=O)OC3CCCCC3)c(=O)c2cc1C. The Labute approximate surface area is 175 Å². The fourth-order valence-electron chi connectivity index (χ4n) is 3.88. The Bertz CT molecular complexity index is 1110. The average molecular weight is 406 g/mol. The lowest BCUT2D eigenvalue weighted by atomic mass is 9.98. The van der Waals surface area contributed by atoms with Gasteiger partial charge in [0.25, 0.3) is 0 Å². The van der Waals surface area contributed by atoms with Gasteiger partial charge in [0.1, 0.15) is 11.7 Å². The quantitative estimate of drug-likeness (QED) is 0.536. The van der Waals surface area contributed by atoms with Gasteiger partial charge in [-0.05, 0) is 62.8 Å². The van der Waals surface area contributed by atoms with E-state index in [4.69, 9.17) is 13.9 Å². The molecule has 0 spiro atoms. The van der Waals surface area contributed by atoms with Crippen LogP contribution in [0.25, 0.3) is 22.3 Å². The molecule has 0 atom stereocenters. The Morgan fingerprint density at radius 2 is 1.73 bits per heavy atom. The van der Waals surface area contributed by atoms with E-state index >= 15 is 0 Å². The van der Waals surface area contributed by atoms with Crippen LogP contribution in [0.15, 0.2) is 51.7 Å². The van der Waals surface area contributed by atoms with E-state index in [1.54, 1.807) is 6.07 Å². The maximum absolute atomic E-state index is 13.3. The van der Waals surface area contributed by atoms with Gasteiger partial charge in [-0.25, -0.2) is 4.79 Å². The number of benzene rings is 2. The van der Waals surface area contributed by atoms with E-state index in [0.717, 1.165) is 36.8 Å². The van der Waals surface area contributed by atoms with Gasteiger partial charge >= 0.3 is 5.97 Å². The maximum atomic E-state index is 13.3. The minimum absolute atomic E-state index is 0.0394. The first-order valence-electron chi connectivity index (χ1n) is 10.5. The summed E-state index contributed by atoms with van der Waals surface area (Å²) in [6.07, 6.45) is 5.05. The van der Waals surface area contributed by atoms with Crippen molar-refractivity contribution < 1.29 is 18.7 Å². The van der Waals surface area contributed by atoms with Crippen molar-refractivity contribution in [1.29, 1.82) is 0 Å². The number of ether oxygens (including phenoxy) is 2. The predicted octanol–water partition coefficient (Wildman–Crippen LogP) is 5.33. The number of hydrogen-bond donors (Lipinski definition) is 0. The smallest absolute Gasteiger partial charge is 0.344 e. The number of aryl methyl sites for hydroxylation is 2. The number of esters is 1. The zero-order valence-electron chi connectivity index (χ0n) is 17.4. The Kier molecular flexibility index (Phi) is 5.88. The molecular weight excluding hydrogens is 380 g/mol. The Hall–Kier alpha value is -3.08. The summed E-state index contributed by atoms with van der Waals surface area (Å²) < 4.78 is 17.3. The Balaban J connectivity index is 1.68. The van der Waals surface area contributed by atoms with Crippen molar-refractivity contribution >= 4 is 16.9 Å². The van der Waals surface area contributed by atoms with E-state index in [9.17, 15) is 9.59 Å². The molecule has 0 bridgehead atoms. The van der Waals surface area contributed by atoms with E-state index in [-0.39, 0.29) is 23.9 Å². The van der Waals surface area contributed by atoms with Crippen LogP contribution >= 0.6 is 0 Å². The van der Waals surface area contributed by atoms with Crippen LogP contribution < -0.4 is 10.2 Å². The molecule has 30 heavy (non-hydrogen) atoms. The van der Waals surface area contributed by atoms with Crippen LogP contribution in [0, 0.1) is 13.8 Å². The number of fused-ring (bicyclic) bond motifs is 1. The standard InChI is InChI=1S/C25H26O5/c1-16-13-20-21(14-17(16)2)30-24(18-9-5-3-6-10-18)25(23(20)27)28-15-22(26)29-19-11-7-4-8-12-19/h3,5-6,9-10,13-14,19H,4,7-8,11-12,15H2,1-2H3. The van der Waals surface area contributed by atoms with Gasteiger partial charge < -0.3 is 13.9 Å². The van der Waals surface area contributed by atoms with Crippen molar-refractivity contribution in [2.75, 3.05) is 6.61 Å². The van der Waals surface area contributed by atoms with Crippen molar-refractivity contribution in [1.82, 2.24) is 0 Å². The molecule has 1 aliphatic rings. The lowest BCUT2D eigenvalue weighted by Gasteiger charge is -2.21. The molecule has 1 heterocycles. The third-order valence-corrected chi connectivity index (χ3v) is 5.69. The lowest BCUT2D eigenvalue weighted by molar-refractivity contribution is -0.152. The van der Waals surface area contributed by atoms with Crippen molar-refractivity contribution in [3.05, 3.63) is 63.8 Å². The molecule has 0 amide bonds. The third kappa shape index (κ3) is 4.25. The van der Waals surface area contributed by atoms with Gasteiger partial charge in [0.15, 0.2) is 12.4 Å². The van der Waals surface area contributed by atoms with E-state index in [2.05, 4.69) is 0 Å². The molecular formula is C25H26O5. The Morgan fingerprint density at radius 1 is 1.03 bits per heavy atom. The molecule has 1 aliphatic carbocycles. The van der Waals surface area contributed by atoms with Crippen LogP contribution in [0.1, 0.15) is 43.2 Å². The van der Waals surface area contributed by atoms with Gasteiger partial charge in [0.05, 0.1) is 5.39 Å². The predicted molar refractivity (Wildman–Crippen MR) is 116 cm³/mol. The summed E-state index contributed by atoms with van der Waals surface area (Å²) in [4.78, 5) is 25.6. The molecule has 0 aliphatic heterocycles. The van der Waals surface area contributed by atoms with Crippen molar-refractivity contribution in [3.63, 3.8) is 0 Å². The van der Waals surface area contributed by atoms with Crippen molar-refractivity contribution in [3.8, 4) is 17.1 Å². The summed E-state index contributed by atoms with van der Waals surface area (Å²) >= 11 is 0. The van der Waals surface area contributed by atoms with Crippen LogP contribution in [0.5, 0.6) is 5.75 Å². The van der Waals surface area contributed by atoms with Gasteiger partial charge in [0.2, 0.25) is 11.2 Å². The van der Waals surface area contributed by atoms with E-state index in [1.165, 1.54) is 6.42 Å². The molecule has 3 aromatic rings. The zero-order valence-corrected chi connectivity index (χ0v) is 17.4. The molecule has 5 nitrogen and oxygen atoms in total. The highest BCUT2D eigenvalue weighted by molar-refractivity contribution is 5.83. The molecule has 0 saturated heterocycles. The molecule has 1 fully saturated rings. The van der Waals surface area contributed by atoms with Crippen LogP contribution in [-0.4, -0.2) is 18.7 Å². The summed E-state index contributed by atoms with van der Waals surface area (Å²) in [5.74, 6) is -0.0974. The molecule has 1 saturated carbocycles. The summed E-state index contributed by atoms with van der Waals surface area (Å²) in [5, 5.41) is 0.438. The van der Waals surface area contributed by atoms with Gasteiger partial charge in [-0.2, -0.15) is 0 Å². The van der Waals surface area contributed by atoms with E-state index in [1.807, 2.05) is 50.2 Å². The summed E-state index contributed by atoms with van der Waals surface area (Å²) in [7, 11) is 0. The summed E-state index contributed by atoms with van der Waals surface area (Å²) in [5.41, 5.74) is 2.95. The van der Waals surface area contributed by atoms with Crippen LogP contribution in [-0.2, 0) is 9.53 Å². The highest BCUT2D eigenvalue weighted by Crippen LogP contribution is 2.32. The normalized spacial score (nSPS) is 14.6. The number of carbonyl (C=O) groups excluding carboxylic acids is 1. The molecule has 0 radical (unpaired) electrons. The molecule has 5 heteroatoms. The summed E-state index contributed by atoms with van der Waals surface area (Å²) in [6.45, 7) is 3.60. The monoisotopic (exact) mass is 406 g/mol. The molecule has 0 N–H and O–H groups in total. The number of rotatable bonds is 5. The topological polar surface area (TPSA) is 65.7 Å². The highest BCUT2D eigenvalue weighted by atomic mass is 16.6. The van der Waals surface area contributed by atoms with Gasteiger partial charge in [-0.3, -0.25) is 4.79 Å². The van der Waals surface area contributed by atoms with Crippen LogP contribution in [0.4, 0.5) is 0 Å². The fourth-order valence-corrected chi connectivity index (χ4v) is 3.88. The summed E-state index contributed by atoms with van der Waals surface area (Å²) in [6, 6.07) is 13.0. The van der Waals surface area contributed by atoms with E-state index < -0.39 is 5.97 Å². The minimum atomic E-state index is -0.458. The molecule has 0 unspecified atom stereocenters. The fraction of sp³-hybridized carbons (Fsp3) is 0.360. The Morgan fingerprint density at radius 3 is 2.47 bits per heavy atom. The zero-order chi connectivity index (χ0) is 21.1. The molecule has 156 valence electrons. The van der Waals surface area contributed by atoms with Crippen molar-refractivity contribution in [2.45, 2.75) is 52.1 Å². The second kappa shape index (κ2) is 8.74. The van der Waals surface area contributed by atoms with Gasteiger partial charge in [-0.1, -0.05) is 36.8 Å². The van der Waals surface area contributed by atoms with Gasteiger partial charge in [-0.15, -0.1) is 0 Å². The number of hydrogen-bond acceptors (Lipinski definition) is 5. The molecule has 2 aromatic carbocycles. The second-order valence-corrected chi connectivity index (χ2v) is 7.93. The first-order chi connectivity index (χ1) is 14.5. The van der Waals surface area contributed by atoms with Crippen LogP contribution in [0.2, 0.25) is 0 Å². The van der Waals surface area contributed by atoms with Crippen molar-refractivity contribution in [2.24, 2.45) is 0 Å². The first kappa shape index (κ1) is 20.2. The first-order valence-corrected chi connectivity index (χ1v) is 10.5. The van der Waals surface area contributed by atoms with Crippen LogP contribution in [0.3, 0.4) is 0 Å². The molecule has 1 aromatic heterocycles. The van der Waals surface area contributed by atoms with Gasteiger partial charge in [0, 0.05) is 5.56 Å². The average Bonchev–Trinajstić information content (AvgIpc) is 2.76. The third-order valence-electron chi connectivity index (χ3n) is 5.69. The minimum Gasteiger partial charge on any atom is -0.474 e. The second-order valence-electron chi connectivity index (χ2n) is 7.93. The number of carbonyl (C=O) groups is 1.